The van der Waals surface area contributed by atoms with Gasteiger partial charge in [0.1, 0.15) is 5.75 Å². The first kappa shape index (κ1) is 14.1. The molecule has 114 valence electrons. The van der Waals surface area contributed by atoms with E-state index in [1.54, 1.807) is 0 Å². The summed E-state index contributed by atoms with van der Waals surface area (Å²) in [4.78, 5) is 0. The van der Waals surface area contributed by atoms with E-state index in [0.29, 0.717) is 11.7 Å². The molecule has 0 amide bonds. The topological polar surface area (TPSA) is 20.2 Å². The lowest BCUT2D eigenvalue weighted by molar-refractivity contribution is 0.465. The predicted molar refractivity (Wildman–Crippen MR) is 95.9 cm³/mol. The van der Waals surface area contributed by atoms with Gasteiger partial charge in [-0.1, -0.05) is 62.4 Å². The molecule has 1 nitrogen and oxygen atoms in total. The number of phenolic OH excluding ortho intramolecular Hbond substituents is 1. The normalized spacial score (nSPS) is 12.3. The van der Waals surface area contributed by atoms with Gasteiger partial charge in [0.2, 0.25) is 0 Å². The zero-order valence-electron chi connectivity index (χ0n) is 13.5. The van der Waals surface area contributed by atoms with E-state index < -0.39 is 0 Å². The van der Waals surface area contributed by atoms with Gasteiger partial charge in [-0.05, 0) is 63.4 Å². The maximum atomic E-state index is 10.1. The third-order valence-corrected chi connectivity index (χ3v) is 4.81. The number of benzene rings is 3. The zero-order chi connectivity index (χ0) is 16.0. The van der Waals surface area contributed by atoms with Gasteiger partial charge in [0, 0.05) is 0 Å². The Hall–Kier alpha value is -2.54. The smallest absolute Gasteiger partial charge is 0.119 e. The highest BCUT2D eigenvalue weighted by molar-refractivity contribution is 5.85. The number of rotatable bonds is 2. The summed E-state index contributed by atoms with van der Waals surface area (Å²) in [5.74, 6) is 0.698. The summed E-state index contributed by atoms with van der Waals surface area (Å²) in [5.41, 5.74) is 8.98. The van der Waals surface area contributed by atoms with E-state index in [1.807, 2.05) is 12.1 Å². The van der Waals surface area contributed by atoms with Crippen LogP contribution in [0.15, 0.2) is 60.7 Å². The van der Waals surface area contributed by atoms with Gasteiger partial charge in [-0.2, -0.15) is 0 Å². The molecular weight excluding hydrogens is 280 g/mol. The SMILES string of the molecule is CC(C)c1cc(-c2cccc3c2Cc2ccccc2-3)ccc1O. The molecule has 4 rings (SSSR count). The number of fused-ring (bicyclic) bond motifs is 3. The first-order chi connectivity index (χ1) is 11.1. The first-order valence-corrected chi connectivity index (χ1v) is 8.18. The summed E-state index contributed by atoms with van der Waals surface area (Å²) >= 11 is 0. The summed E-state index contributed by atoms with van der Waals surface area (Å²) in [6.45, 7) is 4.23. The molecule has 0 heterocycles. The predicted octanol–water partition coefficient (Wildman–Crippen LogP) is 5.75. The van der Waals surface area contributed by atoms with Crippen LogP contribution in [-0.2, 0) is 6.42 Å². The summed E-state index contributed by atoms with van der Waals surface area (Å²) < 4.78 is 0. The Kier molecular flexibility index (Phi) is 3.23. The molecule has 0 saturated heterocycles. The number of hydrogen-bond donors (Lipinski definition) is 1. The first-order valence-electron chi connectivity index (χ1n) is 8.18. The van der Waals surface area contributed by atoms with E-state index in [1.165, 1.54) is 33.4 Å². The molecule has 23 heavy (non-hydrogen) atoms. The van der Waals surface area contributed by atoms with Crippen LogP contribution in [0.4, 0.5) is 0 Å². The van der Waals surface area contributed by atoms with Crippen molar-refractivity contribution in [3.05, 3.63) is 77.4 Å². The van der Waals surface area contributed by atoms with Crippen molar-refractivity contribution in [2.24, 2.45) is 0 Å². The fourth-order valence-corrected chi connectivity index (χ4v) is 3.61. The monoisotopic (exact) mass is 300 g/mol. The van der Waals surface area contributed by atoms with Gasteiger partial charge in [0.15, 0.2) is 0 Å². The molecule has 0 aliphatic heterocycles. The molecule has 1 N–H and O–H groups in total. The maximum Gasteiger partial charge on any atom is 0.119 e. The molecule has 1 aliphatic rings. The Balaban J connectivity index is 1.88. The summed E-state index contributed by atoms with van der Waals surface area (Å²) in [6, 6.07) is 21.2. The molecule has 0 unspecified atom stereocenters. The standard InChI is InChI=1S/C22H20O/c1-14(2)20-12-16(10-11-22(20)23)18-8-5-9-19-17-7-4-3-6-15(17)13-21(18)19/h3-12,14,23H,13H2,1-2H3. The van der Waals surface area contributed by atoms with E-state index in [0.717, 1.165) is 12.0 Å². The van der Waals surface area contributed by atoms with Crippen LogP contribution in [0.1, 0.15) is 36.5 Å². The zero-order valence-corrected chi connectivity index (χ0v) is 13.5. The van der Waals surface area contributed by atoms with Crippen LogP contribution in [0.2, 0.25) is 0 Å². The lowest BCUT2D eigenvalue weighted by Gasteiger charge is -2.13. The average molecular weight is 300 g/mol. The van der Waals surface area contributed by atoms with Crippen LogP contribution >= 0.6 is 0 Å². The second-order valence-corrected chi connectivity index (χ2v) is 6.59. The van der Waals surface area contributed by atoms with E-state index in [4.69, 9.17) is 0 Å². The Labute approximate surface area is 137 Å². The molecule has 0 spiro atoms. The summed E-state index contributed by atoms with van der Waals surface area (Å²) in [7, 11) is 0. The highest BCUT2D eigenvalue weighted by Crippen LogP contribution is 2.42. The second-order valence-electron chi connectivity index (χ2n) is 6.59. The van der Waals surface area contributed by atoms with Crippen LogP contribution in [0.25, 0.3) is 22.3 Å². The lowest BCUT2D eigenvalue weighted by atomic mass is 9.92. The van der Waals surface area contributed by atoms with Crippen molar-refractivity contribution in [2.75, 3.05) is 0 Å². The van der Waals surface area contributed by atoms with Gasteiger partial charge in [-0.15, -0.1) is 0 Å². The Morgan fingerprint density at radius 1 is 0.826 bits per heavy atom. The van der Waals surface area contributed by atoms with Crippen molar-refractivity contribution in [3.8, 4) is 28.0 Å². The molecule has 1 heteroatoms. The van der Waals surface area contributed by atoms with E-state index >= 15 is 0 Å². The molecular formula is C22H20O. The van der Waals surface area contributed by atoms with Crippen molar-refractivity contribution in [2.45, 2.75) is 26.2 Å². The third kappa shape index (κ3) is 2.24. The van der Waals surface area contributed by atoms with Crippen LogP contribution in [0.3, 0.4) is 0 Å². The maximum absolute atomic E-state index is 10.1. The van der Waals surface area contributed by atoms with E-state index in [-0.39, 0.29) is 0 Å². The van der Waals surface area contributed by atoms with Crippen LogP contribution in [-0.4, -0.2) is 5.11 Å². The van der Waals surface area contributed by atoms with Crippen molar-refractivity contribution < 1.29 is 5.11 Å². The minimum absolute atomic E-state index is 0.309. The molecule has 3 aromatic carbocycles. The van der Waals surface area contributed by atoms with Crippen LogP contribution in [0, 0.1) is 0 Å². The molecule has 0 fully saturated rings. The highest BCUT2D eigenvalue weighted by Gasteiger charge is 2.21. The van der Waals surface area contributed by atoms with Crippen molar-refractivity contribution in [1.29, 1.82) is 0 Å². The molecule has 0 bridgehead atoms. The minimum atomic E-state index is 0.309. The summed E-state index contributed by atoms with van der Waals surface area (Å²) in [5, 5.41) is 10.1. The van der Waals surface area contributed by atoms with Crippen molar-refractivity contribution >= 4 is 0 Å². The molecule has 3 aromatic rings. The van der Waals surface area contributed by atoms with Crippen molar-refractivity contribution in [1.82, 2.24) is 0 Å². The fourth-order valence-electron chi connectivity index (χ4n) is 3.61. The van der Waals surface area contributed by atoms with E-state index in [2.05, 4.69) is 62.4 Å². The Bertz CT molecular complexity index is 890. The number of aromatic hydroxyl groups is 1. The van der Waals surface area contributed by atoms with Gasteiger partial charge < -0.3 is 5.11 Å². The average Bonchev–Trinajstić information content (AvgIpc) is 2.94. The number of hydrogen-bond acceptors (Lipinski definition) is 1. The van der Waals surface area contributed by atoms with Gasteiger partial charge in [0.25, 0.3) is 0 Å². The molecule has 0 radical (unpaired) electrons. The van der Waals surface area contributed by atoms with Crippen molar-refractivity contribution in [3.63, 3.8) is 0 Å². The summed E-state index contributed by atoms with van der Waals surface area (Å²) in [6.07, 6.45) is 0.986. The van der Waals surface area contributed by atoms with Gasteiger partial charge in [-0.25, -0.2) is 0 Å². The molecule has 1 aliphatic carbocycles. The van der Waals surface area contributed by atoms with Gasteiger partial charge in [-0.3, -0.25) is 0 Å². The minimum Gasteiger partial charge on any atom is -0.508 e. The van der Waals surface area contributed by atoms with Crippen LogP contribution in [0.5, 0.6) is 5.75 Å². The largest absolute Gasteiger partial charge is 0.508 e. The van der Waals surface area contributed by atoms with Crippen LogP contribution < -0.4 is 0 Å². The quantitative estimate of drug-likeness (QED) is 0.499. The Morgan fingerprint density at radius 2 is 1.57 bits per heavy atom. The fraction of sp³-hybridized carbons (Fsp3) is 0.182. The molecule has 0 atom stereocenters. The lowest BCUT2D eigenvalue weighted by Crippen LogP contribution is -1.92. The number of phenols is 1. The highest BCUT2D eigenvalue weighted by atomic mass is 16.3. The van der Waals surface area contributed by atoms with Gasteiger partial charge in [0.05, 0.1) is 0 Å². The molecule has 0 saturated carbocycles. The Morgan fingerprint density at radius 3 is 2.39 bits per heavy atom. The molecule has 0 aromatic heterocycles. The third-order valence-electron chi connectivity index (χ3n) is 4.81. The second kappa shape index (κ2) is 5.27. The van der Waals surface area contributed by atoms with E-state index in [9.17, 15) is 5.11 Å². The van der Waals surface area contributed by atoms with Gasteiger partial charge >= 0.3 is 0 Å².